The maximum atomic E-state index is 10.8. The molecule has 3 rings (SSSR count). The fourth-order valence-corrected chi connectivity index (χ4v) is 2.26. The minimum absolute atomic E-state index is 0.314. The third-order valence-corrected chi connectivity index (χ3v) is 3.51. The van der Waals surface area contributed by atoms with E-state index in [4.69, 9.17) is 5.11 Å². The Morgan fingerprint density at radius 3 is 2.70 bits per heavy atom. The number of aromatic carboxylic acids is 1. The molecule has 1 fully saturated rings. The summed E-state index contributed by atoms with van der Waals surface area (Å²) in [5.74, 6) is -0.291. The zero-order valence-corrected chi connectivity index (χ0v) is 11.3. The summed E-state index contributed by atoms with van der Waals surface area (Å²) in [6.45, 7) is 0.672. The van der Waals surface area contributed by atoms with E-state index in [1.807, 2.05) is 30.1 Å². The number of aryl methyl sites for hydroxylation is 1. The highest BCUT2D eigenvalue weighted by atomic mass is 16.4. The highest BCUT2D eigenvalue weighted by molar-refractivity contribution is 5.87. The van der Waals surface area contributed by atoms with E-state index >= 15 is 0 Å². The van der Waals surface area contributed by atoms with Crippen LogP contribution in [-0.2, 0) is 13.6 Å². The van der Waals surface area contributed by atoms with Crippen molar-refractivity contribution in [3.05, 3.63) is 47.3 Å². The van der Waals surface area contributed by atoms with E-state index in [0.29, 0.717) is 18.0 Å². The van der Waals surface area contributed by atoms with Gasteiger partial charge in [-0.2, -0.15) is 5.10 Å². The van der Waals surface area contributed by atoms with Gasteiger partial charge >= 0.3 is 5.97 Å². The number of anilines is 1. The van der Waals surface area contributed by atoms with E-state index < -0.39 is 5.97 Å². The van der Waals surface area contributed by atoms with Crippen molar-refractivity contribution in [2.75, 3.05) is 5.32 Å². The highest BCUT2D eigenvalue weighted by Crippen LogP contribution is 2.42. The van der Waals surface area contributed by atoms with Crippen LogP contribution in [0.5, 0.6) is 0 Å². The van der Waals surface area contributed by atoms with Gasteiger partial charge in [-0.1, -0.05) is 12.1 Å². The molecule has 20 heavy (non-hydrogen) atoms. The molecule has 0 bridgehead atoms. The molecule has 5 heteroatoms. The van der Waals surface area contributed by atoms with Crippen LogP contribution in [0.4, 0.5) is 5.69 Å². The first-order valence-corrected chi connectivity index (χ1v) is 6.73. The van der Waals surface area contributed by atoms with E-state index in [2.05, 4.69) is 10.4 Å². The van der Waals surface area contributed by atoms with Crippen LogP contribution in [0.25, 0.3) is 0 Å². The van der Waals surface area contributed by atoms with Crippen LogP contribution in [0.15, 0.2) is 30.5 Å². The van der Waals surface area contributed by atoms with Crippen molar-refractivity contribution >= 4 is 11.7 Å². The van der Waals surface area contributed by atoms with Crippen molar-refractivity contribution in [3.8, 4) is 0 Å². The van der Waals surface area contributed by atoms with Crippen LogP contribution in [0.1, 0.15) is 40.4 Å². The number of hydrogen-bond acceptors (Lipinski definition) is 3. The van der Waals surface area contributed by atoms with Gasteiger partial charge in [0.15, 0.2) is 0 Å². The van der Waals surface area contributed by atoms with Crippen LogP contribution >= 0.6 is 0 Å². The SMILES string of the molecule is Cn1cc(NCc2ccc(C(=O)O)cc2)c(C2CC2)n1. The topological polar surface area (TPSA) is 67.2 Å². The maximum Gasteiger partial charge on any atom is 0.335 e. The van der Waals surface area contributed by atoms with Crippen LogP contribution < -0.4 is 5.32 Å². The number of carboxylic acid groups (broad SMARTS) is 1. The van der Waals surface area contributed by atoms with Gasteiger partial charge in [-0.05, 0) is 30.5 Å². The third kappa shape index (κ3) is 2.66. The predicted octanol–water partition coefficient (Wildman–Crippen LogP) is 2.61. The summed E-state index contributed by atoms with van der Waals surface area (Å²) in [5.41, 5.74) is 3.60. The molecule has 1 aliphatic rings. The normalized spacial score (nSPS) is 14.2. The Morgan fingerprint density at radius 2 is 2.10 bits per heavy atom. The van der Waals surface area contributed by atoms with E-state index in [1.54, 1.807) is 12.1 Å². The summed E-state index contributed by atoms with van der Waals surface area (Å²) in [4.78, 5) is 10.8. The van der Waals surface area contributed by atoms with Crippen molar-refractivity contribution in [1.82, 2.24) is 9.78 Å². The number of aromatic nitrogens is 2. The van der Waals surface area contributed by atoms with E-state index in [1.165, 1.54) is 12.8 Å². The molecular formula is C15H17N3O2. The maximum absolute atomic E-state index is 10.8. The molecule has 0 spiro atoms. The molecule has 2 N–H and O–H groups in total. The predicted molar refractivity (Wildman–Crippen MR) is 75.9 cm³/mol. The van der Waals surface area contributed by atoms with Crippen molar-refractivity contribution in [2.45, 2.75) is 25.3 Å². The molecule has 1 aromatic heterocycles. The van der Waals surface area contributed by atoms with Gasteiger partial charge in [0.05, 0.1) is 16.9 Å². The van der Waals surface area contributed by atoms with E-state index in [9.17, 15) is 4.79 Å². The standard InChI is InChI=1S/C15H17N3O2/c1-18-9-13(14(17-18)11-6-7-11)16-8-10-2-4-12(5-3-10)15(19)20/h2-5,9,11,16H,6-8H2,1H3,(H,19,20). The number of nitrogens with zero attached hydrogens (tertiary/aromatic N) is 2. The number of nitrogens with one attached hydrogen (secondary N) is 1. The molecular weight excluding hydrogens is 254 g/mol. The zero-order valence-electron chi connectivity index (χ0n) is 11.3. The third-order valence-electron chi connectivity index (χ3n) is 3.51. The monoisotopic (exact) mass is 271 g/mol. The fourth-order valence-electron chi connectivity index (χ4n) is 2.26. The molecule has 0 atom stereocenters. The van der Waals surface area contributed by atoms with Crippen molar-refractivity contribution in [3.63, 3.8) is 0 Å². The van der Waals surface area contributed by atoms with E-state index in [-0.39, 0.29) is 0 Å². The summed E-state index contributed by atoms with van der Waals surface area (Å²) in [6.07, 6.45) is 4.44. The molecule has 2 aromatic rings. The van der Waals surface area contributed by atoms with Gasteiger partial charge in [-0.25, -0.2) is 4.79 Å². The summed E-state index contributed by atoms with van der Waals surface area (Å²) in [7, 11) is 1.93. The van der Waals surface area contributed by atoms with Gasteiger partial charge in [0.2, 0.25) is 0 Å². The first kappa shape index (κ1) is 12.7. The lowest BCUT2D eigenvalue weighted by Crippen LogP contribution is -2.02. The Bertz CT molecular complexity index is 627. The molecule has 0 saturated heterocycles. The lowest BCUT2D eigenvalue weighted by atomic mass is 10.1. The molecule has 0 radical (unpaired) electrons. The number of rotatable bonds is 5. The van der Waals surface area contributed by atoms with Gasteiger partial charge in [-0.3, -0.25) is 4.68 Å². The van der Waals surface area contributed by atoms with E-state index in [0.717, 1.165) is 16.9 Å². The first-order chi connectivity index (χ1) is 9.63. The van der Waals surface area contributed by atoms with Crippen molar-refractivity contribution < 1.29 is 9.90 Å². The van der Waals surface area contributed by atoms with Crippen molar-refractivity contribution in [2.24, 2.45) is 7.05 Å². The Kier molecular flexibility index (Phi) is 3.18. The van der Waals surface area contributed by atoms with Crippen LogP contribution in [0, 0.1) is 0 Å². The second-order valence-electron chi connectivity index (χ2n) is 5.23. The Balaban J connectivity index is 1.68. The minimum atomic E-state index is -0.896. The summed E-state index contributed by atoms with van der Waals surface area (Å²) < 4.78 is 1.84. The first-order valence-electron chi connectivity index (χ1n) is 6.73. The van der Waals surface area contributed by atoms with Gasteiger partial charge in [0, 0.05) is 25.7 Å². The van der Waals surface area contributed by atoms with Gasteiger partial charge < -0.3 is 10.4 Å². The Morgan fingerprint density at radius 1 is 1.40 bits per heavy atom. The molecule has 0 unspecified atom stereocenters. The summed E-state index contributed by atoms with van der Waals surface area (Å²) >= 11 is 0. The van der Waals surface area contributed by atoms with Gasteiger partial charge in [0.25, 0.3) is 0 Å². The number of benzene rings is 1. The number of carboxylic acids is 1. The molecule has 1 saturated carbocycles. The smallest absolute Gasteiger partial charge is 0.335 e. The molecule has 1 aliphatic carbocycles. The van der Waals surface area contributed by atoms with Crippen LogP contribution in [0.2, 0.25) is 0 Å². The molecule has 0 aliphatic heterocycles. The lowest BCUT2D eigenvalue weighted by Gasteiger charge is -2.06. The Labute approximate surface area is 117 Å². The molecule has 5 nitrogen and oxygen atoms in total. The minimum Gasteiger partial charge on any atom is -0.478 e. The summed E-state index contributed by atoms with van der Waals surface area (Å²) in [6, 6.07) is 6.93. The molecule has 1 aromatic carbocycles. The lowest BCUT2D eigenvalue weighted by molar-refractivity contribution is 0.0697. The second-order valence-corrected chi connectivity index (χ2v) is 5.23. The number of hydrogen-bond donors (Lipinski definition) is 2. The molecule has 1 heterocycles. The fraction of sp³-hybridized carbons (Fsp3) is 0.333. The van der Waals surface area contributed by atoms with Gasteiger partial charge in [0.1, 0.15) is 0 Å². The highest BCUT2D eigenvalue weighted by Gasteiger charge is 2.28. The molecule has 104 valence electrons. The average molecular weight is 271 g/mol. The number of carbonyl (C=O) groups is 1. The van der Waals surface area contributed by atoms with Gasteiger partial charge in [-0.15, -0.1) is 0 Å². The molecule has 0 amide bonds. The zero-order chi connectivity index (χ0) is 14.1. The summed E-state index contributed by atoms with van der Waals surface area (Å²) in [5, 5.41) is 16.8. The van der Waals surface area contributed by atoms with Crippen LogP contribution in [0.3, 0.4) is 0 Å². The average Bonchev–Trinajstić information content (AvgIpc) is 3.20. The quantitative estimate of drug-likeness (QED) is 0.877. The van der Waals surface area contributed by atoms with Crippen molar-refractivity contribution in [1.29, 1.82) is 0 Å². The second kappa shape index (κ2) is 5.00. The van der Waals surface area contributed by atoms with Crippen LogP contribution in [-0.4, -0.2) is 20.9 Å². The largest absolute Gasteiger partial charge is 0.478 e. The Hall–Kier alpha value is -2.30.